The number of nitrogens with one attached hydrogen (secondary N) is 2. The highest BCUT2D eigenvalue weighted by Gasteiger charge is 2.42. The van der Waals surface area contributed by atoms with Crippen molar-refractivity contribution in [1.82, 2.24) is 20.4 Å². The number of likely N-dealkylation sites (tertiary alicyclic amines) is 1. The first-order chi connectivity index (χ1) is 14.5. The molecule has 6 nitrogen and oxygen atoms in total. The number of rotatable bonds is 8. The number of nitrogens with zero attached hydrogens (tertiary/aromatic N) is 3. The molecule has 0 spiro atoms. The second-order valence-electron chi connectivity index (χ2n) is 9.18. The highest BCUT2D eigenvalue weighted by atomic mass is 16.2. The van der Waals surface area contributed by atoms with E-state index in [2.05, 4.69) is 50.9 Å². The van der Waals surface area contributed by atoms with E-state index < -0.39 is 0 Å². The zero-order chi connectivity index (χ0) is 21.4. The van der Waals surface area contributed by atoms with Crippen molar-refractivity contribution in [2.45, 2.75) is 38.5 Å². The van der Waals surface area contributed by atoms with E-state index in [1.165, 1.54) is 18.5 Å². The summed E-state index contributed by atoms with van der Waals surface area (Å²) in [5, 5.41) is 6.95. The molecule has 1 saturated carbocycles. The Kier molecular flexibility index (Phi) is 8.14. The molecule has 0 aromatic heterocycles. The fourth-order valence-corrected chi connectivity index (χ4v) is 4.92. The SMILES string of the molecule is CN=C(NCC1CCN(CCc2ccccc2)C1)NCC1(C(=O)N(C)C)CCCC1. The maximum absolute atomic E-state index is 12.8. The lowest BCUT2D eigenvalue weighted by Crippen LogP contribution is -2.49. The van der Waals surface area contributed by atoms with Crippen molar-refractivity contribution in [1.29, 1.82) is 0 Å². The fourth-order valence-electron chi connectivity index (χ4n) is 4.92. The fraction of sp³-hybridized carbons (Fsp3) is 0.667. The predicted molar refractivity (Wildman–Crippen MR) is 124 cm³/mol. The molecule has 1 aliphatic carbocycles. The second kappa shape index (κ2) is 10.8. The maximum Gasteiger partial charge on any atom is 0.230 e. The van der Waals surface area contributed by atoms with E-state index >= 15 is 0 Å². The van der Waals surface area contributed by atoms with E-state index in [0.717, 1.165) is 57.7 Å². The van der Waals surface area contributed by atoms with Gasteiger partial charge in [0.05, 0.1) is 5.41 Å². The first kappa shape index (κ1) is 22.6. The molecule has 166 valence electrons. The zero-order valence-electron chi connectivity index (χ0n) is 19.0. The van der Waals surface area contributed by atoms with Gasteiger partial charge in [0, 0.05) is 47.3 Å². The van der Waals surface area contributed by atoms with Crippen LogP contribution in [0.25, 0.3) is 0 Å². The van der Waals surface area contributed by atoms with E-state index in [0.29, 0.717) is 12.5 Å². The standard InChI is InChI=1S/C24H39N5O/c1-25-23(27-19-24(13-7-8-14-24)22(30)28(2)3)26-17-21-12-16-29(18-21)15-11-20-9-5-4-6-10-20/h4-6,9-10,21H,7-8,11-19H2,1-3H3,(H2,25,26,27). The molecule has 1 atom stereocenters. The molecule has 1 aliphatic heterocycles. The predicted octanol–water partition coefficient (Wildman–Crippen LogP) is 2.36. The Morgan fingerprint density at radius 1 is 1.20 bits per heavy atom. The van der Waals surface area contributed by atoms with Gasteiger partial charge in [-0.3, -0.25) is 9.79 Å². The van der Waals surface area contributed by atoms with Crippen LogP contribution in [-0.4, -0.2) is 75.5 Å². The number of hydrogen-bond donors (Lipinski definition) is 2. The Morgan fingerprint density at radius 2 is 1.93 bits per heavy atom. The van der Waals surface area contributed by atoms with Crippen LogP contribution >= 0.6 is 0 Å². The average molecular weight is 414 g/mol. The van der Waals surface area contributed by atoms with E-state index in [1.54, 1.807) is 4.90 Å². The van der Waals surface area contributed by atoms with Gasteiger partial charge < -0.3 is 20.4 Å². The van der Waals surface area contributed by atoms with Crippen molar-refractivity contribution in [3.05, 3.63) is 35.9 Å². The summed E-state index contributed by atoms with van der Waals surface area (Å²) in [5.74, 6) is 1.70. The van der Waals surface area contributed by atoms with Crippen molar-refractivity contribution in [2.24, 2.45) is 16.3 Å². The van der Waals surface area contributed by atoms with Crippen molar-refractivity contribution in [3.63, 3.8) is 0 Å². The molecule has 3 rings (SSSR count). The van der Waals surface area contributed by atoms with Crippen LogP contribution in [0.1, 0.15) is 37.7 Å². The van der Waals surface area contributed by atoms with Gasteiger partial charge in [0.2, 0.25) is 5.91 Å². The van der Waals surface area contributed by atoms with Gasteiger partial charge in [-0.15, -0.1) is 0 Å². The summed E-state index contributed by atoms with van der Waals surface area (Å²) in [7, 11) is 5.53. The minimum atomic E-state index is -0.275. The van der Waals surface area contributed by atoms with Crippen LogP contribution in [0.2, 0.25) is 0 Å². The van der Waals surface area contributed by atoms with Gasteiger partial charge in [-0.2, -0.15) is 0 Å². The molecule has 6 heteroatoms. The Hall–Kier alpha value is -2.08. The Balaban J connectivity index is 1.40. The summed E-state index contributed by atoms with van der Waals surface area (Å²) in [6.45, 7) is 5.03. The quantitative estimate of drug-likeness (QED) is 0.507. The topological polar surface area (TPSA) is 60.0 Å². The Morgan fingerprint density at radius 3 is 2.60 bits per heavy atom. The van der Waals surface area contributed by atoms with Crippen LogP contribution in [0.15, 0.2) is 35.3 Å². The van der Waals surface area contributed by atoms with Crippen LogP contribution in [-0.2, 0) is 11.2 Å². The molecule has 30 heavy (non-hydrogen) atoms. The first-order valence-electron chi connectivity index (χ1n) is 11.4. The van der Waals surface area contributed by atoms with Crippen molar-refractivity contribution in [2.75, 3.05) is 53.9 Å². The van der Waals surface area contributed by atoms with Crippen LogP contribution in [0, 0.1) is 11.3 Å². The van der Waals surface area contributed by atoms with Gasteiger partial charge in [0.25, 0.3) is 0 Å². The largest absolute Gasteiger partial charge is 0.356 e. The molecular weight excluding hydrogens is 374 g/mol. The molecule has 1 amide bonds. The van der Waals surface area contributed by atoms with E-state index in [9.17, 15) is 4.79 Å². The zero-order valence-corrected chi connectivity index (χ0v) is 19.0. The van der Waals surface area contributed by atoms with Crippen LogP contribution in [0.5, 0.6) is 0 Å². The van der Waals surface area contributed by atoms with Gasteiger partial charge in [0.15, 0.2) is 5.96 Å². The monoisotopic (exact) mass is 413 g/mol. The summed E-state index contributed by atoms with van der Waals surface area (Å²) in [4.78, 5) is 21.5. The van der Waals surface area contributed by atoms with Crippen molar-refractivity contribution in [3.8, 4) is 0 Å². The van der Waals surface area contributed by atoms with Crippen molar-refractivity contribution < 1.29 is 4.79 Å². The minimum absolute atomic E-state index is 0.243. The number of hydrogen-bond acceptors (Lipinski definition) is 3. The molecular formula is C24H39N5O. The third kappa shape index (κ3) is 5.97. The molecule has 2 N–H and O–H groups in total. The summed E-state index contributed by atoms with van der Waals surface area (Å²) in [6.07, 6.45) is 6.54. The number of carbonyl (C=O) groups is 1. The number of benzene rings is 1. The summed E-state index contributed by atoms with van der Waals surface area (Å²) < 4.78 is 0. The third-order valence-electron chi connectivity index (χ3n) is 6.73. The Labute approximate surface area is 182 Å². The highest BCUT2D eigenvalue weighted by Crippen LogP contribution is 2.38. The molecule has 1 aromatic rings. The summed E-state index contributed by atoms with van der Waals surface area (Å²) in [6, 6.07) is 10.7. The smallest absolute Gasteiger partial charge is 0.230 e. The summed E-state index contributed by atoms with van der Waals surface area (Å²) in [5.41, 5.74) is 1.14. The number of guanidine groups is 1. The van der Waals surface area contributed by atoms with Crippen LogP contribution < -0.4 is 10.6 Å². The molecule has 0 radical (unpaired) electrons. The lowest BCUT2D eigenvalue weighted by atomic mass is 9.84. The average Bonchev–Trinajstić information content (AvgIpc) is 3.43. The molecule has 1 aromatic carbocycles. The molecule has 2 fully saturated rings. The van der Waals surface area contributed by atoms with Gasteiger partial charge in [-0.05, 0) is 43.7 Å². The third-order valence-corrected chi connectivity index (χ3v) is 6.73. The van der Waals surface area contributed by atoms with Gasteiger partial charge in [-0.1, -0.05) is 43.2 Å². The maximum atomic E-state index is 12.8. The second-order valence-corrected chi connectivity index (χ2v) is 9.18. The van der Waals surface area contributed by atoms with Crippen LogP contribution in [0.4, 0.5) is 0 Å². The van der Waals surface area contributed by atoms with Crippen LogP contribution in [0.3, 0.4) is 0 Å². The molecule has 1 heterocycles. The lowest BCUT2D eigenvalue weighted by Gasteiger charge is -2.31. The molecule has 1 saturated heterocycles. The first-order valence-corrected chi connectivity index (χ1v) is 11.4. The van der Waals surface area contributed by atoms with E-state index in [-0.39, 0.29) is 11.3 Å². The van der Waals surface area contributed by atoms with Gasteiger partial charge in [0.1, 0.15) is 0 Å². The molecule has 1 unspecified atom stereocenters. The molecule has 0 bridgehead atoms. The number of carbonyl (C=O) groups excluding carboxylic acids is 1. The summed E-state index contributed by atoms with van der Waals surface area (Å²) >= 11 is 0. The number of aliphatic imine (C=N–C) groups is 1. The van der Waals surface area contributed by atoms with Crippen molar-refractivity contribution >= 4 is 11.9 Å². The van der Waals surface area contributed by atoms with Gasteiger partial charge in [-0.25, -0.2) is 0 Å². The molecule has 2 aliphatic rings. The normalized spacial score (nSPS) is 21.6. The Bertz CT molecular complexity index is 697. The van der Waals surface area contributed by atoms with Gasteiger partial charge >= 0.3 is 0 Å². The minimum Gasteiger partial charge on any atom is -0.356 e. The van der Waals surface area contributed by atoms with E-state index in [4.69, 9.17) is 0 Å². The van der Waals surface area contributed by atoms with E-state index in [1.807, 2.05) is 21.1 Å². The number of amides is 1. The highest BCUT2D eigenvalue weighted by molar-refractivity contribution is 5.85. The lowest BCUT2D eigenvalue weighted by molar-refractivity contribution is -0.138.